The molecule has 1 saturated carbocycles. The summed E-state index contributed by atoms with van der Waals surface area (Å²) in [6, 6.07) is 11.6. The highest BCUT2D eigenvalue weighted by atomic mass is 16.2. The summed E-state index contributed by atoms with van der Waals surface area (Å²) < 4.78 is 0. The van der Waals surface area contributed by atoms with Crippen LogP contribution in [0.25, 0.3) is 0 Å². The Hall–Kier alpha value is -1.39. The van der Waals surface area contributed by atoms with Gasteiger partial charge in [0.05, 0.1) is 0 Å². The van der Waals surface area contributed by atoms with Crippen LogP contribution < -0.4 is 5.32 Å². The zero-order valence-corrected chi connectivity index (χ0v) is 16.6. The fourth-order valence-electron chi connectivity index (χ4n) is 4.86. The molecular formula is C23H35N3O. The highest BCUT2D eigenvalue weighted by Gasteiger charge is 2.31. The number of carbonyl (C=O) groups is 1. The van der Waals surface area contributed by atoms with Crippen LogP contribution in [0.2, 0.25) is 0 Å². The normalized spacial score (nSPS) is 23.3. The fourth-order valence-corrected chi connectivity index (χ4v) is 4.86. The monoisotopic (exact) mass is 369 g/mol. The van der Waals surface area contributed by atoms with Gasteiger partial charge in [-0.3, -0.25) is 4.79 Å². The number of hydrogen-bond acceptors (Lipinski definition) is 3. The molecule has 2 heterocycles. The molecule has 3 fully saturated rings. The summed E-state index contributed by atoms with van der Waals surface area (Å²) >= 11 is 0. The van der Waals surface area contributed by atoms with Gasteiger partial charge in [0.15, 0.2) is 0 Å². The molecule has 0 unspecified atom stereocenters. The molecule has 27 heavy (non-hydrogen) atoms. The van der Waals surface area contributed by atoms with Crippen molar-refractivity contribution >= 4 is 5.91 Å². The number of benzene rings is 1. The predicted octanol–water partition coefficient (Wildman–Crippen LogP) is 3.25. The molecule has 2 aliphatic heterocycles. The largest absolute Gasteiger partial charge is 0.342 e. The number of carbonyl (C=O) groups excluding carboxylic acids is 1. The summed E-state index contributed by atoms with van der Waals surface area (Å²) in [6.07, 6.45) is 8.30. The highest BCUT2D eigenvalue weighted by Crippen LogP contribution is 2.29. The van der Waals surface area contributed by atoms with Gasteiger partial charge in [-0.05, 0) is 63.1 Å². The third-order valence-electron chi connectivity index (χ3n) is 6.98. The molecule has 0 atom stereocenters. The van der Waals surface area contributed by atoms with E-state index in [4.69, 9.17) is 0 Å². The maximum atomic E-state index is 12.3. The van der Waals surface area contributed by atoms with Crippen molar-refractivity contribution in [3.8, 4) is 0 Å². The van der Waals surface area contributed by atoms with Crippen molar-refractivity contribution < 1.29 is 4.79 Å². The van der Waals surface area contributed by atoms with Gasteiger partial charge in [0, 0.05) is 38.1 Å². The lowest BCUT2D eigenvalue weighted by Crippen LogP contribution is -2.49. The minimum Gasteiger partial charge on any atom is -0.342 e. The Morgan fingerprint density at radius 2 is 1.63 bits per heavy atom. The van der Waals surface area contributed by atoms with Gasteiger partial charge in [0.2, 0.25) is 5.91 Å². The van der Waals surface area contributed by atoms with Gasteiger partial charge in [-0.25, -0.2) is 0 Å². The van der Waals surface area contributed by atoms with E-state index in [0.29, 0.717) is 17.9 Å². The molecule has 4 heteroatoms. The number of rotatable bonds is 6. The zero-order valence-electron chi connectivity index (χ0n) is 16.6. The van der Waals surface area contributed by atoms with E-state index >= 15 is 0 Å². The molecule has 1 amide bonds. The van der Waals surface area contributed by atoms with Crippen molar-refractivity contribution in [2.45, 2.75) is 56.9 Å². The summed E-state index contributed by atoms with van der Waals surface area (Å²) in [6.45, 7) is 6.58. The smallest absolute Gasteiger partial charge is 0.225 e. The summed E-state index contributed by atoms with van der Waals surface area (Å²) in [5.74, 6) is 1.53. The van der Waals surface area contributed by atoms with Crippen LogP contribution in [0.4, 0.5) is 0 Å². The van der Waals surface area contributed by atoms with Crippen LogP contribution in [-0.4, -0.2) is 61.0 Å². The average Bonchev–Trinajstić information content (AvgIpc) is 2.68. The second kappa shape index (κ2) is 9.20. The van der Waals surface area contributed by atoms with Gasteiger partial charge in [0.1, 0.15) is 0 Å². The minimum atomic E-state index is 0.355. The Bertz CT molecular complexity index is 585. The number of piperidine rings is 2. The van der Waals surface area contributed by atoms with Gasteiger partial charge in [0.25, 0.3) is 0 Å². The first-order valence-electron chi connectivity index (χ1n) is 11.1. The molecular weight excluding hydrogens is 334 g/mol. The van der Waals surface area contributed by atoms with E-state index in [1.807, 2.05) is 0 Å². The van der Waals surface area contributed by atoms with Gasteiger partial charge in [-0.2, -0.15) is 0 Å². The number of nitrogens with one attached hydrogen (secondary N) is 1. The van der Waals surface area contributed by atoms with E-state index < -0.39 is 0 Å². The van der Waals surface area contributed by atoms with Gasteiger partial charge in [-0.15, -0.1) is 0 Å². The van der Waals surface area contributed by atoms with Crippen LogP contribution in [0.1, 0.15) is 56.4 Å². The number of hydrogen-bond donors (Lipinski definition) is 1. The lowest BCUT2D eigenvalue weighted by atomic mass is 9.84. The van der Waals surface area contributed by atoms with Crippen LogP contribution in [0, 0.1) is 5.92 Å². The standard InChI is InChI=1S/C23H35N3O/c27-23(21-7-4-8-21)26-16-11-22(12-17-26)24-13-18-25-14-9-20(10-15-25)19-5-2-1-3-6-19/h1-3,5-6,20-22,24H,4,7-18H2. The molecule has 0 spiro atoms. The molecule has 1 N–H and O–H groups in total. The first kappa shape index (κ1) is 18.9. The quantitative estimate of drug-likeness (QED) is 0.836. The number of likely N-dealkylation sites (tertiary alicyclic amines) is 2. The molecule has 4 rings (SSSR count). The topological polar surface area (TPSA) is 35.6 Å². The van der Waals surface area contributed by atoms with Crippen molar-refractivity contribution in [1.29, 1.82) is 0 Å². The van der Waals surface area contributed by atoms with E-state index in [1.165, 1.54) is 37.9 Å². The van der Waals surface area contributed by atoms with Crippen LogP contribution in [0.5, 0.6) is 0 Å². The summed E-state index contributed by atoms with van der Waals surface area (Å²) in [5, 5.41) is 3.75. The average molecular weight is 370 g/mol. The lowest BCUT2D eigenvalue weighted by Gasteiger charge is -2.37. The van der Waals surface area contributed by atoms with Crippen molar-refractivity contribution in [3.05, 3.63) is 35.9 Å². The van der Waals surface area contributed by atoms with Crippen molar-refractivity contribution in [3.63, 3.8) is 0 Å². The van der Waals surface area contributed by atoms with E-state index in [-0.39, 0.29) is 0 Å². The van der Waals surface area contributed by atoms with Gasteiger partial charge < -0.3 is 15.1 Å². The summed E-state index contributed by atoms with van der Waals surface area (Å²) in [4.78, 5) is 17.1. The third-order valence-corrected chi connectivity index (χ3v) is 6.98. The molecule has 1 aromatic rings. The fraction of sp³-hybridized carbons (Fsp3) is 0.696. The molecule has 2 saturated heterocycles. The van der Waals surface area contributed by atoms with E-state index in [9.17, 15) is 4.79 Å². The number of nitrogens with zero attached hydrogens (tertiary/aromatic N) is 2. The molecule has 148 valence electrons. The van der Waals surface area contributed by atoms with Crippen molar-refractivity contribution in [2.75, 3.05) is 39.3 Å². The van der Waals surface area contributed by atoms with E-state index in [1.54, 1.807) is 0 Å². The summed E-state index contributed by atoms with van der Waals surface area (Å²) in [7, 11) is 0. The molecule has 0 radical (unpaired) electrons. The third kappa shape index (κ3) is 4.91. The second-order valence-corrected chi connectivity index (χ2v) is 8.71. The zero-order chi connectivity index (χ0) is 18.5. The Morgan fingerprint density at radius 1 is 0.926 bits per heavy atom. The molecule has 0 aromatic heterocycles. The van der Waals surface area contributed by atoms with Crippen LogP contribution in [0.3, 0.4) is 0 Å². The molecule has 3 aliphatic rings. The van der Waals surface area contributed by atoms with E-state index in [0.717, 1.165) is 57.8 Å². The van der Waals surface area contributed by atoms with Crippen LogP contribution in [-0.2, 0) is 4.79 Å². The molecule has 4 nitrogen and oxygen atoms in total. The van der Waals surface area contributed by atoms with Gasteiger partial charge in [-0.1, -0.05) is 36.8 Å². The first-order chi connectivity index (χ1) is 13.3. The molecule has 0 bridgehead atoms. The summed E-state index contributed by atoms with van der Waals surface area (Å²) in [5.41, 5.74) is 1.51. The highest BCUT2D eigenvalue weighted by molar-refractivity contribution is 5.79. The molecule has 1 aliphatic carbocycles. The second-order valence-electron chi connectivity index (χ2n) is 8.71. The minimum absolute atomic E-state index is 0.355. The Kier molecular flexibility index (Phi) is 6.46. The van der Waals surface area contributed by atoms with Crippen molar-refractivity contribution in [2.24, 2.45) is 5.92 Å². The maximum absolute atomic E-state index is 12.3. The first-order valence-corrected chi connectivity index (χ1v) is 11.1. The number of amides is 1. The van der Waals surface area contributed by atoms with Crippen LogP contribution in [0.15, 0.2) is 30.3 Å². The van der Waals surface area contributed by atoms with E-state index in [2.05, 4.69) is 45.4 Å². The Labute approximate surface area is 164 Å². The predicted molar refractivity (Wildman–Crippen MR) is 110 cm³/mol. The van der Waals surface area contributed by atoms with Gasteiger partial charge >= 0.3 is 0 Å². The Morgan fingerprint density at radius 3 is 2.26 bits per heavy atom. The maximum Gasteiger partial charge on any atom is 0.225 e. The van der Waals surface area contributed by atoms with Crippen molar-refractivity contribution in [1.82, 2.24) is 15.1 Å². The lowest BCUT2D eigenvalue weighted by molar-refractivity contribution is -0.139. The molecule has 1 aromatic carbocycles. The SMILES string of the molecule is O=C(C1CCC1)N1CCC(NCCN2CCC(c3ccccc3)CC2)CC1. The van der Waals surface area contributed by atoms with Crippen LogP contribution >= 0.6 is 0 Å². The Balaban J connectivity index is 1.10.